The third-order valence-corrected chi connectivity index (χ3v) is 8.62. The second kappa shape index (κ2) is 11.9. The molecule has 1 aliphatic carbocycles. The molecule has 2 aliphatic heterocycles. The lowest BCUT2D eigenvalue weighted by Gasteiger charge is -2.46. The number of hydrogen-bond acceptors (Lipinski definition) is 6. The van der Waals surface area contributed by atoms with Crippen molar-refractivity contribution >= 4 is 12.0 Å². The second-order valence-electron chi connectivity index (χ2n) is 11.8. The van der Waals surface area contributed by atoms with Gasteiger partial charge in [0.1, 0.15) is 29.2 Å². The zero-order valence-electron chi connectivity index (χ0n) is 23.5. The second-order valence-corrected chi connectivity index (χ2v) is 11.8. The van der Waals surface area contributed by atoms with E-state index in [2.05, 4.69) is 27.7 Å². The highest BCUT2D eigenvalue weighted by Crippen LogP contribution is 2.61. The molecule has 0 amide bonds. The van der Waals surface area contributed by atoms with E-state index >= 15 is 0 Å². The van der Waals surface area contributed by atoms with Crippen LogP contribution in [0.5, 0.6) is 5.75 Å². The van der Waals surface area contributed by atoms with Crippen LogP contribution in [0.3, 0.4) is 0 Å². The number of carbonyl (C=O) groups is 1. The summed E-state index contributed by atoms with van der Waals surface area (Å²) in [6, 6.07) is 7.61. The first-order chi connectivity index (χ1) is 17.8. The summed E-state index contributed by atoms with van der Waals surface area (Å²) in [4.78, 5) is 13.1. The minimum Gasteiger partial charge on any atom is -0.497 e. The Morgan fingerprint density at radius 3 is 2.62 bits per heavy atom. The van der Waals surface area contributed by atoms with Crippen molar-refractivity contribution in [1.29, 1.82) is 0 Å². The summed E-state index contributed by atoms with van der Waals surface area (Å²) in [6.45, 7) is 9.65. The van der Waals surface area contributed by atoms with Crippen LogP contribution in [0.2, 0.25) is 0 Å². The van der Waals surface area contributed by atoms with Gasteiger partial charge in [-0.05, 0) is 62.3 Å². The number of unbranched alkanes of at least 4 members (excludes halogenated alkanes) is 2. The average molecular weight is 515 g/mol. The molecule has 1 saturated carbocycles. The lowest BCUT2D eigenvalue weighted by atomic mass is 9.63. The Balaban J connectivity index is 1.53. The van der Waals surface area contributed by atoms with Gasteiger partial charge in [0.05, 0.1) is 25.7 Å². The number of benzene rings is 1. The van der Waals surface area contributed by atoms with Gasteiger partial charge in [-0.1, -0.05) is 52.2 Å². The van der Waals surface area contributed by atoms with E-state index in [1.165, 1.54) is 12.5 Å². The maximum Gasteiger partial charge on any atom is 0.331 e. The number of rotatable bonds is 13. The first kappa shape index (κ1) is 28.1. The quantitative estimate of drug-likeness (QED) is 0.135. The Hall–Kier alpha value is -1.89. The average Bonchev–Trinajstić information content (AvgIpc) is 3.80. The summed E-state index contributed by atoms with van der Waals surface area (Å²) in [5.74, 6) is 1.27. The molecule has 0 bridgehead atoms. The highest BCUT2D eigenvalue weighted by atomic mass is 16.6. The van der Waals surface area contributed by atoms with E-state index in [1.54, 1.807) is 20.3 Å². The summed E-state index contributed by atoms with van der Waals surface area (Å²) in [5.41, 5.74) is 0.331. The minimum atomic E-state index is -0.347. The van der Waals surface area contributed by atoms with Crippen molar-refractivity contribution in [2.45, 2.75) is 102 Å². The molecule has 37 heavy (non-hydrogen) atoms. The van der Waals surface area contributed by atoms with Gasteiger partial charge < -0.3 is 23.7 Å². The molecular weight excluding hydrogens is 468 g/mol. The molecule has 6 heteroatoms. The molecule has 1 aromatic rings. The number of epoxide rings is 2. The molecule has 0 radical (unpaired) electrons. The molecule has 1 spiro atoms. The van der Waals surface area contributed by atoms with Crippen molar-refractivity contribution in [1.82, 2.24) is 0 Å². The Kier molecular flexibility index (Phi) is 9.03. The Labute approximate surface area is 223 Å². The Morgan fingerprint density at radius 2 is 1.97 bits per heavy atom. The van der Waals surface area contributed by atoms with Crippen molar-refractivity contribution in [3.63, 3.8) is 0 Å². The van der Waals surface area contributed by atoms with Gasteiger partial charge in [-0.25, -0.2) is 4.79 Å². The van der Waals surface area contributed by atoms with E-state index in [0.717, 1.165) is 56.4 Å². The fourth-order valence-electron chi connectivity index (χ4n) is 6.50. The van der Waals surface area contributed by atoms with Crippen LogP contribution < -0.4 is 4.74 Å². The lowest BCUT2D eigenvalue weighted by molar-refractivity contribution is -0.179. The number of hydrogen-bond donors (Lipinski definition) is 0. The summed E-state index contributed by atoms with van der Waals surface area (Å²) in [7, 11) is 3.37. The smallest absolute Gasteiger partial charge is 0.331 e. The van der Waals surface area contributed by atoms with E-state index in [0.29, 0.717) is 5.92 Å². The summed E-state index contributed by atoms with van der Waals surface area (Å²) >= 11 is 0. The van der Waals surface area contributed by atoms with E-state index in [4.69, 9.17) is 23.7 Å². The number of esters is 1. The molecule has 6 nitrogen and oxygen atoms in total. The Bertz CT molecular complexity index is 937. The maximum atomic E-state index is 13.1. The van der Waals surface area contributed by atoms with Gasteiger partial charge in [0.25, 0.3) is 0 Å². The van der Waals surface area contributed by atoms with Crippen LogP contribution in [0.25, 0.3) is 6.08 Å². The lowest BCUT2D eigenvalue weighted by Crippen LogP contribution is -2.59. The largest absolute Gasteiger partial charge is 0.497 e. The molecule has 5 unspecified atom stereocenters. The van der Waals surface area contributed by atoms with Crippen LogP contribution in [0, 0.1) is 17.8 Å². The molecule has 3 fully saturated rings. The highest BCUT2D eigenvalue weighted by molar-refractivity contribution is 5.87. The van der Waals surface area contributed by atoms with Gasteiger partial charge in [-0.2, -0.15) is 0 Å². The molecule has 2 saturated heterocycles. The molecule has 2 heterocycles. The first-order valence-corrected chi connectivity index (χ1v) is 14.1. The molecule has 7 atom stereocenters. The van der Waals surface area contributed by atoms with Crippen molar-refractivity contribution < 1.29 is 28.5 Å². The van der Waals surface area contributed by atoms with Crippen LogP contribution in [-0.4, -0.2) is 56.3 Å². The molecule has 206 valence electrons. The van der Waals surface area contributed by atoms with Crippen LogP contribution in [0.4, 0.5) is 0 Å². The minimum absolute atomic E-state index is 0.0322. The summed E-state index contributed by atoms with van der Waals surface area (Å²) < 4.78 is 30.3. The standard InChI is InChI=1S/C31H46O6/c1-7-8-9-12-23-19-31(20-35-31)29(30(4)25(37-30)16-14-21(2)3)28(34-6)27(23)36-26(32)17-15-22-11-10-13-24(18-22)33-5/h10-11,13,15,17-18,21,23,25,27-29H,7-9,12,14,16,19-20H2,1-6H3/t23?,25-,27?,28?,29?,30+,31?/m1/s1. The molecule has 0 N–H and O–H groups in total. The van der Waals surface area contributed by atoms with Crippen LogP contribution in [-0.2, 0) is 23.7 Å². The highest BCUT2D eigenvalue weighted by Gasteiger charge is 2.73. The predicted octanol–water partition coefficient (Wildman–Crippen LogP) is 6.21. The van der Waals surface area contributed by atoms with Crippen molar-refractivity contribution in [2.75, 3.05) is 20.8 Å². The topological polar surface area (TPSA) is 69.8 Å². The monoisotopic (exact) mass is 514 g/mol. The van der Waals surface area contributed by atoms with E-state index in [1.807, 2.05) is 24.3 Å². The van der Waals surface area contributed by atoms with Crippen molar-refractivity contribution in [3.05, 3.63) is 35.9 Å². The molecule has 1 aromatic carbocycles. The zero-order chi connectivity index (χ0) is 26.6. The van der Waals surface area contributed by atoms with Crippen LogP contribution in [0.15, 0.2) is 30.3 Å². The van der Waals surface area contributed by atoms with Crippen LogP contribution in [0.1, 0.15) is 78.2 Å². The fraction of sp³-hybridized carbons (Fsp3) is 0.710. The normalized spacial score (nSPS) is 34.7. The summed E-state index contributed by atoms with van der Waals surface area (Å²) in [5, 5.41) is 0. The molecule has 0 aromatic heterocycles. The number of methoxy groups -OCH3 is 2. The Morgan fingerprint density at radius 1 is 1.19 bits per heavy atom. The zero-order valence-corrected chi connectivity index (χ0v) is 23.5. The van der Waals surface area contributed by atoms with E-state index in [-0.39, 0.29) is 47.3 Å². The third-order valence-electron chi connectivity index (χ3n) is 8.62. The fourth-order valence-corrected chi connectivity index (χ4v) is 6.50. The van der Waals surface area contributed by atoms with Crippen LogP contribution >= 0.6 is 0 Å². The van der Waals surface area contributed by atoms with E-state index < -0.39 is 0 Å². The first-order valence-electron chi connectivity index (χ1n) is 14.1. The van der Waals surface area contributed by atoms with Crippen molar-refractivity contribution in [2.24, 2.45) is 17.8 Å². The van der Waals surface area contributed by atoms with Gasteiger partial charge in [-0.15, -0.1) is 0 Å². The SMILES string of the molecule is CCCCCC1CC2(CO2)C([C@@]2(C)O[C@@H]2CCC(C)C)C(OC)C1OC(=O)C=Cc1cccc(OC)c1. The third kappa shape index (κ3) is 6.40. The van der Waals surface area contributed by atoms with Gasteiger partial charge >= 0.3 is 5.97 Å². The summed E-state index contributed by atoms with van der Waals surface area (Å²) in [6.07, 6.45) is 10.3. The van der Waals surface area contributed by atoms with E-state index in [9.17, 15) is 4.79 Å². The molecule has 3 aliphatic rings. The number of ether oxygens (including phenoxy) is 5. The molecule has 4 rings (SSSR count). The molecular formula is C31H46O6. The van der Waals surface area contributed by atoms with Gasteiger partial charge in [-0.3, -0.25) is 0 Å². The van der Waals surface area contributed by atoms with Crippen molar-refractivity contribution in [3.8, 4) is 5.75 Å². The maximum absolute atomic E-state index is 13.1. The van der Waals surface area contributed by atoms with Gasteiger partial charge in [0.2, 0.25) is 0 Å². The predicted molar refractivity (Wildman–Crippen MR) is 144 cm³/mol. The van der Waals surface area contributed by atoms with Gasteiger partial charge in [0, 0.05) is 19.1 Å². The van der Waals surface area contributed by atoms with Gasteiger partial charge in [0.15, 0.2) is 0 Å². The number of carbonyl (C=O) groups excluding carboxylic acids is 1.